The Kier molecular flexibility index (Phi) is 14.3. The van der Waals surface area contributed by atoms with Gasteiger partial charge in [-0.15, -0.1) is 24.0 Å². The van der Waals surface area contributed by atoms with Crippen molar-refractivity contribution in [2.24, 2.45) is 5.41 Å². The van der Waals surface area contributed by atoms with E-state index in [-0.39, 0.29) is 48.8 Å². The summed E-state index contributed by atoms with van der Waals surface area (Å²) < 4.78 is 0. The first-order valence-electron chi connectivity index (χ1n) is 17.2. The van der Waals surface area contributed by atoms with Gasteiger partial charge in [0.1, 0.15) is 18.5 Å². The fourth-order valence-corrected chi connectivity index (χ4v) is 7.10. The Morgan fingerprint density at radius 3 is 2.40 bits per heavy atom. The van der Waals surface area contributed by atoms with Gasteiger partial charge in [0, 0.05) is 30.8 Å². The molecule has 4 rings (SSSR count). The summed E-state index contributed by atoms with van der Waals surface area (Å²) in [6, 6.07) is 10.6. The quantitative estimate of drug-likeness (QED) is 0.0758. The number of halogens is 1. The van der Waals surface area contributed by atoms with Gasteiger partial charge >= 0.3 is 0 Å². The molecule has 4 atom stereocenters. The number of nitrogens with zero attached hydrogens (tertiary/aromatic N) is 2. The largest absolute Gasteiger partial charge is 0.391 e. The number of thiol groups is 1. The highest BCUT2D eigenvalue weighted by Crippen LogP contribution is 2.30. The molecule has 0 unspecified atom stereocenters. The Hall–Kier alpha value is -3.98. The molecule has 1 saturated heterocycles. The summed E-state index contributed by atoms with van der Waals surface area (Å²) in [5.41, 5.74) is 4.36. The molecule has 3 aromatic rings. The maximum atomic E-state index is 13.9. The first kappa shape index (κ1) is 40.8. The average molecular weight is 771 g/mol. The zero-order valence-corrected chi connectivity index (χ0v) is 32.5. The van der Waals surface area contributed by atoms with Crippen LogP contribution in [-0.2, 0) is 24.0 Å². The van der Waals surface area contributed by atoms with E-state index in [1.54, 1.807) is 35.0 Å². The standard InChI is InChI=1S/C37H47ClN6O6S2/c1-21(23-12-14-24(15-13-23)33-22(2)40-20-52-33)41-35(49)27-17-25(45)19-44(27)36(50)34(37(3,4)5)43-29(46)11-6-7-16-39-30(47)18-31(48)42-26-9-8-10-28(51)32(26)38/h8-10,12-15,20-21,25,27,34,45,51H,6-7,11,16-19H2,1-5H3,(H,39,47)(H,41,49)(H,42,48)(H,43,46)/t21-,25+,27-,34+/m1/s1. The Morgan fingerprint density at radius 1 is 1.04 bits per heavy atom. The number of anilines is 1. The monoisotopic (exact) mass is 770 g/mol. The third kappa shape index (κ3) is 11.0. The number of rotatable bonds is 14. The summed E-state index contributed by atoms with van der Waals surface area (Å²) in [5.74, 6) is -2.17. The van der Waals surface area contributed by atoms with Crippen LogP contribution in [0.5, 0.6) is 0 Å². The third-order valence-electron chi connectivity index (χ3n) is 8.79. The topological polar surface area (TPSA) is 170 Å². The number of thiazole rings is 1. The minimum Gasteiger partial charge on any atom is -0.391 e. The van der Waals surface area contributed by atoms with Crippen LogP contribution in [0, 0.1) is 12.3 Å². The van der Waals surface area contributed by atoms with E-state index in [1.807, 2.05) is 58.9 Å². The Labute approximate surface area is 318 Å². The average Bonchev–Trinajstić information content (AvgIpc) is 3.70. The summed E-state index contributed by atoms with van der Waals surface area (Å²) in [4.78, 5) is 72.3. The van der Waals surface area contributed by atoms with Gasteiger partial charge in [0.15, 0.2) is 0 Å². The van der Waals surface area contributed by atoms with E-state index in [0.29, 0.717) is 23.4 Å². The number of β-amino-alcohol motifs (C(OH)–C–C–N with tert-alkyl or cyclic N) is 1. The van der Waals surface area contributed by atoms with Crippen molar-refractivity contribution in [3.8, 4) is 10.4 Å². The number of carbonyl (C=O) groups is 5. The van der Waals surface area contributed by atoms with Crippen LogP contribution in [-0.4, -0.2) is 75.8 Å². The van der Waals surface area contributed by atoms with Crippen molar-refractivity contribution >= 4 is 70.8 Å². The molecule has 0 radical (unpaired) electrons. The predicted molar refractivity (Wildman–Crippen MR) is 205 cm³/mol. The Balaban J connectivity index is 1.25. The fraction of sp³-hybridized carbons (Fsp3) is 0.459. The van der Waals surface area contributed by atoms with E-state index < -0.39 is 47.7 Å². The maximum absolute atomic E-state index is 13.9. The predicted octanol–water partition coefficient (Wildman–Crippen LogP) is 5.05. The van der Waals surface area contributed by atoms with E-state index in [2.05, 4.69) is 38.9 Å². The minimum atomic E-state index is -0.948. The number of hydrogen-bond acceptors (Lipinski definition) is 9. The highest BCUT2D eigenvalue weighted by atomic mass is 35.5. The van der Waals surface area contributed by atoms with Crippen molar-refractivity contribution in [3.05, 3.63) is 64.3 Å². The molecule has 1 aromatic heterocycles. The molecule has 2 aromatic carbocycles. The van der Waals surface area contributed by atoms with Crippen LogP contribution in [0.2, 0.25) is 5.02 Å². The molecule has 1 fully saturated rings. The first-order chi connectivity index (χ1) is 24.5. The summed E-state index contributed by atoms with van der Waals surface area (Å²) in [6.45, 7) is 9.53. The number of hydrogen-bond donors (Lipinski definition) is 6. The second kappa shape index (κ2) is 18.2. The summed E-state index contributed by atoms with van der Waals surface area (Å²) in [6.07, 6.45) is -0.208. The van der Waals surface area contributed by atoms with Crippen molar-refractivity contribution in [3.63, 3.8) is 0 Å². The first-order valence-corrected chi connectivity index (χ1v) is 18.9. The van der Waals surface area contributed by atoms with Gasteiger partial charge < -0.3 is 31.3 Å². The molecule has 5 amide bonds. The summed E-state index contributed by atoms with van der Waals surface area (Å²) in [7, 11) is 0. The van der Waals surface area contributed by atoms with Crippen LogP contribution in [0.3, 0.4) is 0 Å². The SMILES string of the molecule is Cc1ncsc1-c1ccc([C@@H](C)NC(=O)[C@H]2C[C@H](O)CN2C(=O)[C@H](NC(=O)CCCCNC(=O)CC(=O)Nc2cccc(S)c2Cl)C(C)(C)C)cc1. The lowest BCUT2D eigenvalue weighted by molar-refractivity contribution is -0.144. The number of aromatic nitrogens is 1. The van der Waals surface area contributed by atoms with Crippen LogP contribution < -0.4 is 21.3 Å². The number of carbonyl (C=O) groups excluding carboxylic acids is 5. The molecule has 0 bridgehead atoms. The van der Waals surface area contributed by atoms with Crippen molar-refractivity contribution in [2.75, 3.05) is 18.4 Å². The Morgan fingerprint density at radius 2 is 1.75 bits per heavy atom. The molecule has 12 nitrogen and oxygen atoms in total. The van der Waals surface area contributed by atoms with Crippen molar-refractivity contribution in [1.82, 2.24) is 25.8 Å². The summed E-state index contributed by atoms with van der Waals surface area (Å²) >= 11 is 11.9. The zero-order valence-electron chi connectivity index (χ0n) is 30.0. The van der Waals surface area contributed by atoms with Gasteiger partial charge in [0.2, 0.25) is 29.5 Å². The molecule has 52 heavy (non-hydrogen) atoms. The lowest BCUT2D eigenvalue weighted by Crippen LogP contribution is -2.57. The second-order valence-electron chi connectivity index (χ2n) is 14.1. The van der Waals surface area contributed by atoms with E-state index >= 15 is 0 Å². The molecule has 1 aliphatic rings. The molecule has 2 heterocycles. The minimum absolute atomic E-state index is 0.0248. The van der Waals surface area contributed by atoms with Crippen LogP contribution in [0.1, 0.15) is 77.1 Å². The molecule has 0 aliphatic carbocycles. The molecular weight excluding hydrogens is 724 g/mol. The zero-order chi connectivity index (χ0) is 38.2. The van der Waals surface area contributed by atoms with Gasteiger partial charge in [-0.05, 0) is 55.4 Å². The van der Waals surface area contributed by atoms with Gasteiger partial charge in [-0.3, -0.25) is 24.0 Å². The van der Waals surface area contributed by atoms with Gasteiger partial charge in [0.25, 0.3) is 0 Å². The van der Waals surface area contributed by atoms with Crippen LogP contribution in [0.15, 0.2) is 52.9 Å². The number of aliphatic hydroxyl groups is 1. The lowest BCUT2D eigenvalue weighted by Gasteiger charge is -2.35. The Bertz CT molecular complexity index is 1760. The summed E-state index contributed by atoms with van der Waals surface area (Å²) in [5, 5.41) is 21.9. The van der Waals surface area contributed by atoms with Gasteiger partial charge in [-0.25, -0.2) is 4.98 Å². The van der Waals surface area contributed by atoms with Crippen molar-refractivity contribution in [1.29, 1.82) is 0 Å². The van der Waals surface area contributed by atoms with Crippen LogP contribution in [0.25, 0.3) is 10.4 Å². The molecule has 1 aliphatic heterocycles. The molecule has 280 valence electrons. The third-order valence-corrected chi connectivity index (χ3v) is 10.7. The number of benzene rings is 2. The van der Waals surface area contributed by atoms with Crippen LogP contribution >= 0.6 is 35.6 Å². The number of aliphatic hydroxyl groups excluding tert-OH is 1. The molecule has 0 saturated carbocycles. The molecular formula is C37H47ClN6O6S2. The molecule has 0 spiro atoms. The van der Waals surface area contributed by atoms with E-state index in [0.717, 1.165) is 21.7 Å². The normalized spacial score (nSPS) is 16.9. The number of nitrogens with one attached hydrogen (secondary N) is 4. The number of likely N-dealkylation sites (tertiary alicyclic amines) is 1. The highest BCUT2D eigenvalue weighted by Gasteiger charge is 2.44. The van der Waals surface area contributed by atoms with Gasteiger partial charge in [0.05, 0.1) is 38.9 Å². The van der Waals surface area contributed by atoms with Crippen molar-refractivity contribution in [2.45, 2.75) is 95.8 Å². The number of aryl methyl sites for hydroxylation is 1. The second-order valence-corrected chi connectivity index (χ2v) is 15.8. The highest BCUT2D eigenvalue weighted by molar-refractivity contribution is 7.80. The molecule has 15 heteroatoms. The van der Waals surface area contributed by atoms with Crippen molar-refractivity contribution < 1.29 is 29.1 Å². The van der Waals surface area contributed by atoms with Crippen LogP contribution in [0.4, 0.5) is 5.69 Å². The van der Waals surface area contributed by atoms with E-state index in [4.69, 9.17) is 11.6 Å². The van der Waals surface area contributed by atoms with Gasteiger partial charge in [-0.2, -0.15) is 0 Å². The molecule has 5 N–H and O–H groups in total. The number of unbranched alkanes of at least 4 members (excludes halogenated alkanes) is 1. The lowest BCUT2D eigenvalue weighted by atomic mass is 9.85. The van der Waals surface area contributed by atoms with E-state index in [1.165, 1.54) is 4.90 Å². The smallest absolute Gasteiger partial charge is 0.246 e. The maximum Gasteiger partial charge on any atom is 0.246 e. The fourth-order valence-electron chi connectivity index (χ4n) is 5.91. The number of amides is 5. The van der Waals surface area contributed by atoms with E-state index in [9.17, 15) is 29.1 Å². The van der Waals surface area contributed by atoms with Gasteiger partial charge in [-0.1, -0.05) is 62.7 Å².